The number of benzene rings is 1. The lowest BCUT2D eigenvalue weighted by Gasteiger charge is -2.20. The fourth-order valence-electron chi connectivity index (χ4n) is 2.37. The summed E-state index contributed by atoms with van der Waals surface area (Å²) in [7, 11) is 0. The largest absolute Gasteiger partial charge is 0.454 e. The predicted molar refractivity (Wildman–Crippen MR) is 94.0 cm³/mol. The Hall–Kier alpha value is -3.72. The Kier molecular flexibility index (Phi) is 7.03. The highest BCUT2D eigenvalue weighted by Gasteiger charge is 2.16. The number of fused-ring (bicyclic) bond motifs is 1. The van der Waals surface area contributed by atoms with E-state index in [1.807, 2.05) is 12.1 Å². The van der Waals surface area contributed by atoms with Crippen LogP contribution in [0.1, 0.15) is 12.8 Å². The minimum Gasteiger partial charge on any atom is -0.454 e. The quantitative estimate of drug-likeness (QED) is 0.624. The summed E-state index contributed by atoms with van der Waals surface area (Å²) in [5.41, 5.74) is 0.140. The summed E-state index contributed by atoms with van der Waals surface area (Å²) >= 11 is 0. The van der Waals surface area contributed by atoms with Gasteiger partial charge in [0.1, 0.15) is 6.54 Å². The molecule has 0 radical (unpaired) electrons. The molecule has 0 spiro atoms. The second kappa shape index (κ2) is 9.68. The standard InChI is InChI=1S/C18H17N5O4/c19-7-3-9-22(10-4-8-20)16(24)12-27-17(25)11-23-13-21-15-6-2-1-5-14(15)18(23)26/h1-2,5-6,13H,3-4,9-12H2. The monoisotopic (exact) mass is 367 g/mol. The van der Waals surface area contributed by atoms with Crippen molar-refractivity contribution in [2.45, 2.75) is 19.4 Å². The third kappa shape index (κ3) is 5.38. The number of rotatable bonds is 8. The van der Waals surface area contributed by atoms with Crippen LogP contribution in [-0.4, -0.2) is 46.0 Å². The van der Waals surface area contributed by atoms with Gasteiger partial charge in [0.25, 0.3) is 11.5 Å². The number of nitriles is 2. The summed E-state index contributed by atoms with van der Waals surface area (Å²) in [5.74, 6) is -1.26. The zero-order valence-corrected chi connectivity index (χ0v) is 14.5. The number of para-hydroxylation sites is 1. The molecule has 1 aromatic heterocycles. The summed E-state index contributed by atoms with van der Waals surface area (Å²) < 4.78 is 6.04. The summed E-state index contributed by atoms with van der Waals surface area (Å²) in [5, 5.41) is 17.6. The van der Waals surface area contributed by atoms with Crippen LogP contribution in [-0.2, 0) is 20.9 Å². The van der Waals surface area contributed by atoms with Gasteiger partial charge in [0, 0.05) is 13.1 Å². The minimum atomic E-state index is -0.761. The third-order valence-corrected chi connectivity index (χ3v) is 3.73. The molecule has 1 heterocycles. The molecule has 0 atom stereocenters. The van der Waals surface area contributed by atoms with E-state index in [1.54, 1.807) is 24.3 Å². The first-order chi connectivity index (χ1) is 13.1. The lowest BCUT2D eigenvalue weighted by Crippen LogP contribution is -2.36. The van der Waals surface area contributed by atoms with Crippen LogP contribution in [0.15, 0.2) is 35.4 Å². The zero-order valence-electron chi connectivity index (χ0n) is 14.5. The van der Waals surface area contributed by atoms with Crippen molar-refractivity contribution in [1.82, 2.24) is 14.5 Å². The molecular formula is C18H17N5O4. The molecule has 0 aliphatic rings. The average molecular weight is 367 g/mol. The fourth-order valence-corrected chi connectivity index (χ4v) is 2.37. The number of carbonyl (C=O) groups is 2. The molecule has 2 rings (SSSR count). The smallest absolute Gasteiger partial charge is 0.326 e. The normalized spacial score (nSPS) is 10.0. The first kappa shape index (κ1) is 19.6. The van der Waals surface area contributed by atoms with E-state index in [0.717, 1.165) is 4.57 Å². The first-order valence-corrected chi connectivity index (χ1v) is 8.18. The first-order valence-electron chi connectivity index (χ1n) is 8.18. The van der Waals surface area contributed by atoms with Crippen molar-refractivity contribution in [3.05, 3.63) is 40.9 Å². The summed E-state index contributed by atoms with van der Waals surface area (Å²) in [6.07, 6.45) is 1.48. The Morgan fingerprint density at radius 3 is 2.48 bits per heavy atom. The summed E-state index contributed by atoms with van der Waals surface area (Å²) in [6, 6.07) is 10.6. The van der Waals surface area contributed by atoms with Gasteiger partial charge in [-0.3, -0.25) is 19.0 Å². The zero-order chi connectivity index (χ0) is 19.6. The van der Waals surface area contributed by atoms with Gasteiger partial charge in [-0.05, 0) is 12.1 Å². The number of hydrogen-bond donors (Lipinski definition) is 0. The van der Waals surface area contributed by atoms with Gasteiger partial charge < -0.3 is 9.64 Å². The fraction of sp³-hybridized carbons (Fsp3) is 0.333. The maximum Gasteiger partial charge on any atom is 0.326 e. The molecule has 27 heavy (non-hydrogen) atoms. The lowest BCUT2D eigenvalue weighted by atomic mass is 10.2. The van der Waals surface area contributed by atoms with Crippen LogP contribution in [0.5, 0.6) is 0 Å². The van der Waals surface area contributed by atoms with E-state index in [2.05, 4.69) is 4.98 Å². The molecule has 0 aliphatic carbocycles. The number of hydrogen-bond acceptors (Lipinski definition) is 7. The van der Waals surface area contributed by atoms with Crippen LogP contribution >= 0.6 is 0 Å². The highest BCUT2D eigenvalue weighted by molar-refractivity contribution is 5.81. The van der Waals surface area contributed by atoms with Crippen molar-refractivity contribution in [2.24, 2.45) is 0 Å². The van der Waals surface area contributed by atoms with Crippen molar-refractivity contribution >= 4 is 22.8 Å². The predicted octanol–water partition coefficient (Wildman–Crippen LogP) is 0.596. The van der Waals surface area contributed by atoms with Crippen molar-refractivity contribution in [3.63, 3.8) is 0 Å². The number of ether oxygens (including phenoxy) is 1. The molecule has 0 fully saturated rings. The molecule has 9 heteroatoms. The lowest BCUT2D eigenvalue weighted by molar-refractivity contribution is -0.152. The van der Waals surface area contributed by atoms with Crippen molar-refractivity contribution in [2.75, 3.05) is 19.7 Å². The van der Waals surface area contributed by atoms with Gasteiger partial charge >= 0.3 is 5.97 Å². The van der Waals surface area contributed by atoms with E-state index in [9.17, 15) is 14.4 Å². The van der Waals surface area contributed by atoms with Crippen molar-refractivity contribution in [1.29, 1.82) is 10.5 Å². The second-order valence-corrected chi connectivity index (χ2v) is 5.55. The van der Waals surface area contributed by atoms with Crippen LogP contribution in [0.25, 0.3) is 10.9 Å². The third-order valence-electron chi connectivity index (χ3n) is 3.73. The number of esters is 1. The van der Waals surface area contributed by atoms with E-state index in [0.29, 0.717) is 10.9 Å². The maximum absolute atomic E-state index is 12.3. The van der Waals surface area contributed by atoms with E-state index in [1.165, 1.54) is 11.2 Å². The number of aromatic nitrogens is 2. The molecule has 1 amide bonds. The van der Waals surface area contributed by atoms with Gasteiger partial charge in [-0.2, -0.15) is 10.5 Å². The van der Waals surface area contributed by atoms with E-state index in [-0.39, 0.29) is 38.0 Å². The van der Waals surface area contributed by atoms with Gasteiger partial charge in [0.2, 0.25) is 0 Å². The van der Waals surface area contributed by atoms with E-state index < -0.39 is 18.5 Å². The SMILES string of the molecule is N#CCCN(CCC#N)C(=O)COC(=O)Cn1cnc2ccccc2c1=O. The van der Waals surface area contributed by atoms with Crippen molar-refractivity contribution < 1.29 is 14.3 Å². The molecule has 0 aliphatic heterocycles. The Morgan fingerprint density at radius 2 is 1.81 bits per heavy atom. The molecule has 0 N–H and O–H groups in total. The molecule has 9 nitrogen and oxygen atoms in total. The highest BCUT2D eigenvalue weighted by atomic mass is 16.5. The highest BCUT2D eigenvalue weighted by Crippen LogP contribution is 2.04. The number of nitrogens with zero attached hydrogens (tertiary/aromatic N) is 5. The topological polar surface area (TPSA) is 129 Å². The van der Waals surface area contributed by atoms with Gasteiger partial charge in [0.15, 0.2) is 6.61 Å². The minimum absolute atomic E-state index is 0.114. The number of carbonyl (C=O) groups excluding carboxylic acids is 2. The molecule has 0 unspecified atom stereocenters. The van der Waals surface area contributed by atoms with Gasteiger partial charge in [-0.25, -0.2) is 4.98 Å². The molecule has 0 saturated heterocycles. The molecule has 138 valence electrons. The van der Waals surface area contributed by atoms with Gasteiger partial charge in [-0.1, -0.05) is 12.1 Å². The molecule has 0 bridgehead atoms. The molecule has 2 aromatic rings. The summed E-state index contributed by atoms with van der Waals surface area (Å²) in [4.78, 5) is 41.8. The Labute approximate surface area is 155 Å². The maximum atomic E-state index is 12.3. The molecule has 0 saturated carbocycles. The van der Waals surface area contributed by atoms with Crippen molar-refractivity contribution in [3.8, 4) is 12.1 Å². The van der Waals surface area contributed by atoms with E-state index in [4.69, 9.17) is 15.3 Å². The summed E-state index contributed by atoms with van der Waals surface area (Å²) in [6.45, 7) is -0.586. The molecule has 1 aromatic carbocycles. The average Bonchev–Trinajstić information content (AvgIpc) is 2.68. The second-order valence-electron chi connectivity index (χ2n) is 5.55. The van der Waals surface area contributed by atoms with E-state index >= 15 is 0 Å². The Balaban J connectivity index is 1.96. The Bertz CT molecular complexity index is 952. The van der Waals surface area contributed by atoms with Gasteiger partial charge in [0.05, 0.1) is 42.2 Å². The van der Waals surface area contributed by atoms with Crippen LogP contribution in [0, 0.1) is 22.7 Å². The van der Waals surface area contributed by atoms with Gasteiger partial charge in [-0.15, -0.1) is 0 Å². The number of amides is 1. The molecular weight excluding hydrogens is 350 g/mol. The van der Waals surface area contributed by atoms with Crippen LogP contribution < -0.4 is 5.56 Å². The Morgan fingerprint density at radius 1 is 1.15 bits per heavy atom. The van der Waals surface area contributed by atoms with Crippen LogP contribution in [0.2, 0.25) is 0 Å². The van der Waals surface area contributed by atoms with Crippen LogP contribution in [0.3, 0.4) is 0 Å². The van der Waals surface area contributed by atoms with Crippen LogP contribution in [0.4, 0.5) is 0 Å².